The average molecular weight is 379 g/mol. The molecule has 0 aliphatic rings. The molecule has 0 aromatic heterocycles. The van der Waals surface area contributed by atoms with Crippen LogP contribution in [0.2, 0.25) is 0 Å². The van der Waals surface area contributed by atoms with E-state index in [9.17, 15) is 18.4 Å². The van der Waals surface area contributed by atoms with Crippen LogP contribution in [0.4, 0.5) is 25.0 Å². The maximum absolute atomic E-state index is 13.2. The Morgan fingerprint density at radius 3 is 2.27 bits per heavy atom. The molecule has 0 aliphatic heterocycles. The van der Waals surface area contributed by atoms with Gasteiger partial charge in [-0.3, -0.25) is 4.79 Å². The van der Waals surface area contributed by atoms with Gasteiger partial charge >= 0.3 is 6.03 Å². The van der Waals surface area contributed by atoms with Crippen molar-refractivity contribution in [3.05, 3.63) is 54.1 Å². The zero-order valence-corrected chi connectivity index (χ0v) is 15.1. The highest BCUT2D eigenvalue weighted by atomic mass is 32.2. The number of benzene rings is 2. The minimum absolute atomic E-state index is 0.0115. The van der Waals surface area contributed by atoms with Crippen molar-refractivity contribution in [3.8, 4) is 0 Å². The number of carbonyl (C=O) groups is 2. The Balaban J connectivity index is 1.96. The summed E-state index contributed by atoms with van der Waals surface area (Å²) in [6.07, 6.45) is 0. The number of hydrogen-bond donors (Lipinski definition) is 3. The maximum Gasteiger partial charge on any atom is 0.319 e. The third-order valence-corrected chi connectivity index (χ3v) is 4.12. The van der Waals surface area contributed by atoms with Gasteiger partial charge in [0, 0.05) is 10.9 Å². The summed E-state index contributed by atoms with van der Waals surface area (Å²) >= 11 is 1.08. The fourth-order valence-corrected chi connectivity index (χ4v) is 2.74. The number of halogens is 2. The molecule has 2 rings (SSSR count). The van der Waals surface area contributed by atoms with Crippen LogP contribution in [0, 0.1) is 11.6 Å². The first-order valence-corrected chi connectivity index (χ1v) is 8.88. The van der Waals surface area contributed by atoms with Crippen molar-refractivity contribution in [1.82, 2.24) is 5.32 Å². The Morgan fingerprint density at radius 2 is 1.65 bits per heavy atom. The van der Waals surface area contributed by atoms with Crippen LogP contribution in [0.15, 0.2) is 47.4 Å². The second kappa shape index (κ2) is 9.19. The number of amides is 3. The van der Waals surface area contributed by atoms with Crippen LogP contribution in [0.5, 0.6) is 0 Å². The van der Waals surface area contributed by atoms with Crippen LogP contribution in [0.1, 0.15) is 13.8 Å². The molecule has 5 nitrogen and oxygen atoms in total. The van der Waals surface area contributed by atoms with Gasteiger partial charge in [-0.1, -0.05) is 12.1 Å². The van der Waals surface area contributed by atoms with Gasteiger partial charge in [-0.05, 0) is 44.2 Å². The van der Waals surface area contributed by atoms with E-state index in [4.69, 9.17) is 0 Å². The van der Waals surface area contributed by atoms with Gasteiger partial charge in [-0.15, -0.1) is 11.8 Å². The quantitative estimate of drug-likeness (QED) is 0.658. The van der Waals surface area contributed by atoms with Crippen molar-refractivity contribution >= 4 is 35.1 Å². The Bertz CT molecular complexity index is 800. The van der Waals surface area contributed by atoms with Gasteiger partial charge in [0.25, 0.3) is 0 Å². The zero-order valence-electron chi connectivity index (χ0n) is 14.3. The van der Waals surface area contributed by atoms with E-state index in [0.29, 0.717) is 16.3 Å². The predicted octanol–water partition coefficient (Wildman–Crippen LogP) is 4.23. The first-order chi connectivity index (χ1) is 12.3. The number of anilines is 2. The summed E-state index contributed by atoms with van der Waals surface area (Å²) in [6.45, 7) is 3.67. The van der Waals surface area contributed by atoms with Gasteiger partial charge in [0.2, 0.25) is 5.91 Å². The van der Waals surface area contributed by atoms with Crippen molar-refractivity contribution in [1.29, 1.82) is 0 Å². The molecule has 26 heavy (non-hydrogen) atoms. The number of hydrogen-bond acceptors (Lipinski definition) is 3. The van der Waals surface area contributed by atoms with Gasteiger partial charge in [0.15, 0.2) is 11.6 Å². The fraction of sp³-hybridized carbons (Fsp3) is 0.222. The Kier molecular flexibility index (Phi) is 6.97. The summed E-state index contributed by atoms with van der Waals surface area (Å²) in [5, 5.41) is 8.06. The van der Waals surface area contributed by atoms with Gasteiger partial charge in [-0.25, -0.2) is 13.6 Å². The van der Waals surface area contributed by atoms with Crippen LogP contribution in [-0.4, -0.2) is 23.7 Å². The molecule has 0 atom stereocenters. The van der Waals surface area contributed by atoms with Gasteiger partial charge in [-0.2, -0.15) is 0 Å². The summed E-state index contributed by atoms with van der Waals surface area (Å²) in [5.74, 6) is -2.21. The molecule has 3 amide bonds. The number of urea groups is 1. The first-order valence-electron chi connectivity index (χ1n) is 7.89. The molecule has 3 N–H and O–H groups in total. The van der Waals surface area contributed by atoms with E-state index in [1.165, 1.54) is 6.07 Å². The average Bonchev–Trinajstić information content (AvgIpc) is 2.57. The maximum atomic E-state index is 13.2. The largest absolute Gasteiger partial charge is 0.336 e. The highest BCUT2D eigenvalue weighted by Gasteiger charge is 2.11. The number of para-hydroxylation sites is 2. The molecule has 0 unspecified atom stereocenters. The lowest BCUT2D eigenvalue weighted by molar-refractivity contribution is -0.113. The topological polar surface area (TPSA) is 70.2 Å². The lowest BCUT2D eigenvalue weighted by Gasteiger charge is -2.14. The molecule has 138 valence electrons. The van der Waals surface area contributed by atoms with Crippen LogP contribution >= 0.6 is 11.8 Å². The summed E-state index contributed by atoms with van der Waals surface area (Å²) in [7, 11) is 0. The second-order valence-electron chi connectivity index (χ2n) is 5.71. The molecule has 0 fully saturated rings. The molecular formula is C18H19F2N3O2S. The SMILES string of the molecule is CC(C)NC(=O)Nc1ccccc1NC(=O)CSc1ccc(F)c(F)c1. The van der Waals surface area contributed by atoms with Crippen LogP contribution in [0.25, 0.3) is 0 Å². The second-order valence-corrected chi connectivity index (χ2v) is 6.76. The van der Waals surface area contributed by atoms with E-state index in [-0.39, 0.29) is 23.7 Å². The molecule has 0 saturated carbocycles. The molecule has 2 aromatic carbocycles. The molecule has 0 heterocycles. The Hall–Kier alpha value is -2.61. The predicted molar refractivity (Wildman–Crippen MR) is 99.4 cm³/mol. The molecular weight excluding hydrogens is 360 g/mol. The summed E-state index contributed by atoms with van der Waals surface area (Å²) in [6, 6.07) is 9.84. The van der Waals surface area contributed by atoms with E-state index < -0.39 is 11.6 Å². The monoisotopic (exact) mass is 379 g/mol. The number of carbonyl (C=O) groups excluding carboxylic acids is 2. The van der Waals surface area contributed by atoms with E-state index >= 15 is 0 Å². The minimum Gasteiger partial charge on any atom is -0.336 e. The van der Waals surface area contributed by atoms with E-state index in [1.807, 2.05) is 13.8 Å². The fourth-order valence-electron chi connectivity index (χ4n) is 2.02. The van der Waals surface area contributed by atoms with E-state index in [1.54, 1.807) is 24.3 Å². The van der Waals surface area contributed by atoms with Crippen molar-refractivity contribution < 1.29 is 18.4 Å². The Morgan fingerprint density at radius 1 is 1.00 bits per heavy atom. The zero-order chi connectivity index (χ0) is 19.1. The Labute approximate surface area is 154 Å². The summed E-state index contributed by atoms with van der Waals surface area (Å²) in [5.41, 5.74) is 0.902. The smallest absolute Gasteiger partial charge is 0.319 e. The minimum atomic E-state index is -0.957. The van der Waals surface area contributed by atoms with Crippen molar-refractivity contribution in [3.63, 3.8) is 0 Å². The van der Waals surface area contributed by atoms with Crippen molar-refractivity contribution in [2.24, 2.45) is 0 Å². The van der Waals surface area contributed by atoms with Crippen LogP contribution in [-0.2, 0) is 4.79 Å². The first kappa shape index (κ1) is 19.7. The summed E-state index contributed by atoms with van der Waals surface area (Å²) < 4.78 is 26.1. The number of thioether (sulfide) groups is 1. The van der Waals surface area contributed by atoms with Crippen LogP contribution < -0.4 is 16.0 Å². The molecule has 0 radical (unpaired) electrons. The lowest BCUT2D eigenvalue weighted by atomic mass is 10.2. The third-order valence-electron chi connectivity index (χ3n) is 3.13. The number of rotatable bonds is 6. The van der Waals surface area contributed by atoms with E-state index in [2.05, 4.69) is 16.0 Å². The van der Waals surface area contributed by atoms with Gasteiger partial charge in [0.05, 0.1) is 17.1 Å². The van der Waals surface area contributed by atoms with Gasteiger partial charge in [0.1, 0.15) is 0 Å². The summed E-state index contributed by atoms with van der Waals surface area (Å²) in [4.78, 5) is 24.4. The highest BCUT2D eigenvalue weighted by Crippen LogP contribution is 2.23. The standard InChI is InChI=1S/C18H19F2N3O2S/c1-11(2)21-18(25)23-16-6-4-3-5-15(16)22-17(24)10-26-12-7-8-13(19)14(20)9-12/h3-9,11H,10H2,1-2H3,(H,22,24)(H2,21,23,25). The molecule has 0 spiro atoms. The van der Waals surface area contributed by atoms with Crippen molar-refractivity contribution in [2.45, 2.75) is 24.8 Å². The molecule has 0 bridgehead atoms. The molecule has 2 aromatic rings. The normalized spacial score (nSPS) is 10.5. The highest BCUT2D eigenvalue weighted by molar-refractivity contribution is 8.00. The third kappa shape index (κ3) is 6.03. The molecule has 0 aliphatic carbocycles. The van der Waals surface area contributed by atoms with E-state index in [0.717, 1.165) is 23.9 Å². The van der Waals surface area contributed by atoms with Gasteiger partial charge < -0.3 is 16.0 Å². The van der Waals surface area contributed by atoms with Crippen LogP contribution in [0.3, 0.4) is 0 Å². The lowest BCUT2D eigenvalue weighted by Crippen LogP contribution is -2.34. The number of nitrogens with one attached hydrogen (secondary N) is 3. The molecule has 0 saturated heterocycles. The van der Waals surface area contributed by atoms with Crippen molar-refractivity contribution in [2.75, 3.05) is 16.4 Å². The molecule has 8 heteroatoms.